The number of nitro benzene ring substituents is 1. The molecular weight excluding hydrogens is 324 g/mol. The van der Waals surface area contributed by atoms with Gasteiger partial charge in [-0.2, -0.15) is 5.26 Å². The van der Waals surface area contributed by atoms with Gasteiger partial charge < -0.3 is 10.0 Å². The van der Waals surface area contributed by atoms with Crippen molar-refractivity contribution < 1.29 is 10.0 Å². The molecule has 1 aliphatic rings. The summed E-state index contributed by atoms with van der Waals surface area (Å²) < 4.78 is 0. The largest absolute Gasteiger partial charge is 0.396 e. The molecule has 0 aliphatic carbocycles. The van der Waals surface area contributed by atoms with E-state index in [-0.39, 0.29) is 29.7 Å². The Morgan fingerprint density at radius 3 is 2.88 bits per heavy atom. The van der Waals surface area contributed by atoms with Crippen LogP contribution in [-0.4, -0.2) is 44.2 Å². The van der Waals surface area contributed by atoms with E-state index in [2.05, 4.69) is 10.2 Å². The maximum atomic E-state index is 11.2. The number of aliphatic hydroxyl groups excluding tert-OH is 1. The lowest BCUT2D eigenvalue weighted by molar-refractivity contribution is -0.384. The Labute approximate surface area is 144 Å². The number of benzene rings is 1. The molecule has 0 bridgehead atoms. The number of anilines is 1. The van der Waals surface area contributed by atoms with E-state index in [0.29, 0.717) is 12.2 Å². The third kappa shape index (κ3) is 3.29. The number of rotatable bonds is 5. The first-order valence-corrected chi connectivity index (χ1v) is 8.14. The topological polar surface area (TPSA) is 121 Å². The van der Waals surface area contributed by atoms with Crippen molar-refractivity contribution in [2.45, 2.75) is 31.7 Å². The van der Waals surface area contributed by atoms with Crippen molar-refractivity contribution in [3.63, 3.8) is 0 Å². The molecule has 25 heavy (non-hydrogen) atoms. The summed E-state index contributed by atoms with van der Waals surface area (Å²) in [5, 5.41) is 38.5. The Morgan fingerprint density at radius 1 is 1.36 bits per heavy atom. The number of hydrogen-bond acceptors (Lipinski definition) is 7. The molecule has 3 rings (SSSR count). The van der Waals surface area contributed by atoms with Gasteiger partial charge in [0.25, 0.3) is 5.69 Å². The summed E-state index contributed by atoms with van der Waals surface area (Å²) in [6.07, 6.45) is 3.51. The first kappa shape index (κ1) is 16.9. The minimum atomic E-state index is -0.500. The fourth-order valence-electron chi connectivity index (χ4n) is 3.19. The van der Waals surface area contributed by atoms with Gasteiger partial charge in [0.05, 0.1) is 4.92 Å². The summed E-state index contributed by atoms with van der Waals surface area (Å²) in [5.74, 6) is 0.416. The van der Waals surface area contributed by atoms with Gasteiger partial charge >= 0.3 is 0 Å². The van der Waals surface area contributed by atoms with Gasteiger partial charge in [-0.25, -0.2) is 0 Å². The monoisotopic (exact) mass is 342 g/mol. The van der Waals surface area contributed by atoms with E-state index in [0.717, 1.165) is 30.6 Å². The van der Waals surface area contributed by atoms with Crippen molar-refractivity contribution in [3.8, 4) is 11.8 Å². The molecule has 1 fully saturated rings. The van der Waals surface area contributed by atoms with Gasteiger partial charge in [-0.15, -0.1) is 15.0 Å². The minimum absolute atomic E-state index is 0.0569. The quantitative estimate of drug-likeness (QED) is 0.649. The number of aliphatic hydroxyl groups is 1. The van der Waals surface area contributed by atoms with Crippen LogP contribution in [0.5, 0.6) is 0 Å². The molecule has 0 amide bonds. The Hall–Kier alpha value is -2.99. The average molecular weight is 342 g/mol. The average Bonchev–Trinajstić information content (AvgIpc) is 3.06. The highest BCUT2D eigenvalue weighted by Crippen LogP contribution is 2.29. The molecule has 1 saturated heterocycles. The number of nitriles is 1. The van der Waals surface area contributed by atoms with Crippen LogP contribution in [0.3, 0.4) is 0 Å². The number of hydrogen-bond donors (Lipinski definition) is 1. The van der Waals surface area contributed by atoms with Gasteiger partial charge in [-0.05, 0) is 31.7 Å². The number of nitrogens with zero attached hydrogens (tertiary/aromatic N) is 6. The molecule has 1 aromatic heterocycles. The van der Waals surface area contributed by atoms with Crippen molar-refractivity contribution in [2.75, 3.05) is 18.1 Å². The van der Waals surface area contributed by atoms with Crippen molar-refractivity contribution in [1.82, 2.24) is 15.0 Å². The van der Waals surface area contributed by atoms with E-state index in [4.69, 9.17) is 0 Å². The van der Waals surface area contributed by atoms with E-state index in [9.17, 15) is 20.5 Å². The smallest absolute Gasteiger partial charge is 0.296 e. The highest BCUT2D eigenvalue weighted by molar-refractivity contribution is 5.55. The lowest BCUT2D eigenvalue weighted by atomic mass is 9.99. The van der Waals surface area contributed by atoms with Crippen molar-refractivity contribution >= 4 is 11.5 Å². The maximum absolute atomic E-state index is 11.2. The van der Waals surface area contributed by atoms with Gasteiger partial charge in [0.15, 0.2) is 11.5 Å². The molecule has 0 spiro atoms. The minimum Gasteiger partial charge on any atom is -0.396 e. The second kappa shape index (κ2) is 7.27. The van der Waals surface area contributed by atoms with Gasteiger partial charge in [-0.1, -0.05) is 12.1 Å². The van der Waals surface area contributed by atoms with Crippen molar-refractivity contribution in [3.05, 3.63) is 40.1 Å². The second-order valence-corrected chi connectivity index (χ2v) is 5.87. The Morgan fingerprint density at radius 2 is 2.16 bits per heavy atom. The highest BCUT2D eigenvalue weighted by Gasteiger charge is 2.28. The lowest BCUT2D eigenvalue weighted by Crippen LogP contribution is -2.40. The van der Waals surface area contributed by atoms with Gasteiger partial charge in [-0.3, -0.25) is 10.1 Å². The summed E-state index contributed by atoms with van der Waals surface area (Å²) in [7, 11) is 0. The van der Waals surface area contributed by atoms with Crippen LogP contribution in [0.4, 0.5) is 11.5 Å². The predicted octanol–water partition coefficient (Wildman–Crippen LogP) is 1.79. The lowest BCUT2D eigenvalue weighted by Gasteiger charge is -2.35. The van der Waals surface area contributed by atoms with Crippen molar-refractivity contribution in [1.29, 1.82) is 5.26 Å². The van der Waals surface area contributed by atoms with Crippen molar-refractivity contribution in [2.24, 2.45) is 0 Å². The zero-order valence-electron chi connectivity index (χ0n) is 13.6. The molecule has 1 aromatic carbocycles. The molecular formula is C16H18N6O3. The number of para-hydroxylation sites is 2. The van der Waals surface area contributed by atoms with Crippen LogP contribution < -0.4 is 4.90 Å². The fraction of sp³-hybridized carbons (Fsp3) is 0.438. The van der Waals surface area contributed by atoms with Crippen LogP contribution in [0.15, 0.2) is 24.3 Å². The molecule has 0 radical (unpaired) electrons. The van der Waals surface area contributed by atoms with Crippen LogP contribution in [0, 0.1) is 21.4 Å². The third-order valence-electron chi connectivity index (χ3n) is 4.36. The molecule has 130 valence electrons. The standard InChI is InChI=1S/C16H18N6O3/c17-11-13-16(20-9-4-3-5-12(20)8-10-23)19-21(18-13)14-6-1-2-7-15(14)22(24)25/h1-2,6-7,12,23H,3-5,8-10H2. The van der Waals surface area contributed by atoms with Gasteiger partial charge in [0.1, 0.15) is 6.07 Å². The molecule has 1 aliphatic heterocycles. The van der Waals surface area contributed by atoms with E-state index < -0.39 is 4.92 Å². The van der Waals surface area contributed by atoms with Gasteiger partial charge in [0.2, 0.25) is 5.69 Å². The van der Waals surface area contributed by atoms with Crippen LogP contribution in [0.25, 0.3) is 5.69 Å². The molecule has 9 nitrogen and oxygen atoms in total. The van der Waals surface area contributed by atoms with E-state index >= 15 is 0 Å². The van der Waals surface area contributed by atoms with E-state index in [1.807, 2.05) is 11.0 Å². The Bertz CT molecular complexity index is 810. The highest BCUT2D eigenvalue weighted by atomic mass is 16.6. The third-order valence-corrected chi connectivity index (χ3v) is 4.36. The molecule has 2 aromatic rings. The summed E-state index contributed by atoms with van der Waals surface area (Å²) in [5.41, 5.74) is 0.216. The molecule has 9 heteroatoms. The zero-order chi connectivity index (χ0) is 17.8. The second-order valence-electron chi connectivity index (χ2n) is 5.87. The number of piperidine rings is 1. The summed E-state index contributed by atoms with van der Waals surface area (Å²) in [4.78, 5) is 13.9. The maximum Gasteiger partial charge on any atom is 0.296 e. The molecule has 1 unspecified atom stereocenters. The van der Waals surface area contributed by atoms with Gasteiger partial charge in [0, 0.05) is 25.3 Å². The summed E-state index contributed by atoms with van der Waals surface area (Å²) in [6.45, 7) is 0.774. The first-order chi connectivity index (χ1) is 12.2. The first-order valence-electron chi connectivity index (χ1n) is 8.14. The normalized spacial score (nSPS) is 17.3. The molecule has 1 N–H and O–H groups in total. The van der Waals surface area contributed by atoms with Crippen LogP contribution in [-0.2, 0) is 0 Å². The summed E-state index contributed by atoms with van der Waals surface area (Å²) in [6, 6.07) is 8.26. The molecule has 1 atom stereocenters. The van der Waals surface area contributed by atoms with Crippen LogP contribution in [0.1, 0.15) is 31.4 Å². The van der Waals surface area contributed by atoms with E-state index in [1.165, 1.54) is 6.07 Å². The zero-order valence-corrected chi connectivity index (χ0v) is 13.6. The fourth-order valence-corrected chi connectivity index (χ4v) is 3.19. The van der Waals surface area contributed by atoms with Crippen LogP contribution >= 0.6 is 0 Å². The predicted molar refractivity (Wildman–Crippen MR) is 89.4 cm³/mol. The summed E-state index contributed by atoms with van der Waals surface area (Å²) >= 11 is 0. The van der Waals surface area contributed by atoms with Crippen LogP contribution in [0.2, 0.25) is 0 Å². The number of aromatic nitrogens is 3. The SMILES string of the molecule is N#Cc1nn(-c2ccccc2[N+](=O)[O-])nc1N1CCCCC1CCO. The number of nitro groups is 1. The Balaban J connectivity index is 2.03. The molecule has 2 heterocycles. The Kier molecular flexibility index (Phi) is 4.90. The molecule has 0 saturated carbocycles. The van der Waals surface area contributed by atoms with E-state index in [1.54, 1.807) is 18.2 Å².